The molecule has 0 aliphatic carbocycles. The van der Waals surface area contributed by atoms with Gasteiger partial charge in [-0.2, -0.15) is 0 Å². The number of imidazole rings is 2. The number of fused-ring (bicyclic) bond motifs is 2. The third-order valence-electron chi connectivity index (χ3n) is 11.4. The summed E-state index contributed by atoms with van der Waals surface area (Å²) in [5.74, 6) is 2.50. The van der Waals surface area contributed by atoms with Gasteiger partial charge in [-0.05, 0) is 97.1 Å². The molecule has 2 aliphatic rings. The summed E-state index contributed by atoms with van der Waals surface area (Å²) in [7, 11) is 2.81. The Hall–Kier alpha value is -4.94. The Morgan fingerprint density at radius 1 is 0.667 bits per heavy atom. The van der Waals surface area contributed by atoms with Crippen molar-refractivity contribution in [3.63, 3.8) is 0 Å². The van der Waals surface area contributed by atoms with Gasteiger partial charge in [0.25, 0.3) is 0 Å². The number of H-pyrrole nitrogens is 2. The zero-order valence-electron chi connectivity index (χ0n) is 32.3. The fraction of sp³-hybridized carbons (Fsp3) is 0.476. The summed E-state index contributed by atoms with van der Waals surface area (Å²) in [6.45, 7) is 11.9. The molecule has 4 heterocycles. The van der Waals surface area contributed by atoms with Gasteiger partial charge in [0.15, 0.2) is 0 Å². The van der Waals surface area contributed by atoms with Crippen LogP contribution in [0.25, 0.3) is 44.3 Å². The zero-order valence-corrected chi connectivity index (χ0v) is 32.3. The molecular weight excluding hydrogens is 681 g/mol. The highest BCUT2D eigenvalue weighted by Crippen LogP contribution is 2.35. The van der Waals surface area contributed by atoms with Gasteiger partial charge >= 0.3 is 12.2 Å². The molecule has 0 bridgehead atoms. The Morgan fingerprint density at radius 3 is 1.43 bits per heavy atom. The highest BCUT2D eigenvalue weighted by Gasteiger charge is 2.33. The van der Waals surface area contributed by atoms with E-state index >= 15 is 0 Å². The van der Waals surface area contributed by atoms with E-state index in [9.17, 15) is 9.59 Å². The fourth-order valence-electron chi connectivity index (χ4n) is 8.07. The van der Waals surface area contributed by atoms with Crippen LogP contribution in [-0.2, 0) is 9.47 Å². The molecule has 0 unspecified atom stereocenters. The minimum absolute atomic E-state index is 0.00840. The molecule has 4 atom stereocenters. The van der Waals surface area contributed by atoms with Crippen LogP contribution in [0.3, 0.4) is 0 Å². The van der Waals surface area contributed by atoms with Crippen molar-refractivity contribution in [3.05, 3.63) is 72.3 Å². The molecule has 2 aliphatic heterocycles. The molecule has 0 spiro atoms. The van der Waals surface area contributed by atoms with Crippen LogP contribution in [0, 0.1) is 11.8 Å². The number of hydrogen-bond acceptors (Lipinski definition) is 8. The molecule has 12 heteroatoms. The second-order valence-electron chi connectivity index (χ2n) is 15.6. The number of hydrogen-bond donors (Lipinski definition) is 4. The summed E-state index contributed by atoms with van der Waals surface area (Å²) in [6, 6.07) is 21.9. The number of ether oxygens (including phenoxy) is 2. The predicted octanol–water partition coefficient (Wildman–Crippen LogP) is 7.81. The maximum Gasteiger partial charge on any atom is 0.407 e. The zero-order chi connectivity index (χ0) is 37.9. The lowest BCUT2D eigenvalue weighted by Crippen LogP contribution is -2.46. The third kappa shape index (κ3) is 8.09. The Kier molecular flexibility index (Phi) is 11.2. The SMILES string of the molecule is COC(=O)N[C@H](CN1CCC[C@H]1c1nc2ccc(-c3ccc(-c4ccc5nc([C@@H]6CCCN6C[C@@H](NC(=O)OC)C(C)C)[nH]c5c4)cc3)cc2[nH]1)C(C)C. The highest BCUT2D eigenvalue weighted by atomic mass is 16.5. The first-order valence-corrected chi connectivity index (χ1v) is 19.4. The molecule has 2 aromatic heterocycles. The molecule has 0 saturated carbocycles. The van der Waals surface area contributed by atoms with Crippen molar-refractivity contribution >= 4 is 34.3 Å². The second kappa shape index (κ2) is 16.2. The Labute approximate surface area is 317 Å². The van der Waals surface area contributed by atoms with Gasteiger partial charge in [-0.25, -0.2) is 19.6 Å². The van der Waals surface area contributed by atoms with Crippen molar-refractivity contribution in [2.45, 2.75) is 77.5 Å². The van der Waals surface area contributed by atoms with E-state index in [2.05, 4.69) is 119 Å². The van der Waals surface area contributed by atoms with Gasteiger partial charge in [0.05, 0.1) is 48.4 Å². The van der Waals surface area contributed by atoms with Crippen LogP contribution in [-0.4, -0.2) is 94.4 Å². The molecule has 2 amide bonds. The third-order valence-corrected chi connectivity index (χ3v) is 11.4. The predicted molar refractivity (Wildman–Crippen MR) is 212 cm³/mol. The molecule has 54 heavy (non-hydrogen) atoms. The number of nitrogens with one attached hydrogen (secondary N) is 4. The smallest absolute Gasteiger partial charge is 0.407 e. The van der Waals surface area contributed by atoms with Gasteiger partial charge in [-0.15, -0.1) is 0 Å². The van der Waals surface area contributed by atoms with Crippen LogP contribution in [0.4, 0.5) is 9.59 Å². The summed E-state index contributed by atoms with van der Waals surface area (Å²) in [6.07, 6.45) is 3.45. The van der Waals surface area contributed by atoms with Crippen molar-refractivity contribution in [1.82, 2.24) is 40.4 Å². The van der Waals surface area contributed by atoms with Crippen LogP contribution in [0.5, 0.6) is 0 Å². The normalized spacial score (nSPS) is 19.2. The van der Waals surface area contributed by atoms with Gasteiger partial charge in [0.1, 0.15) is 11.6 Å². The molecule has 7 rings (SSSR count). The van der Waals surface area contributed by atoms with Gasteiger partial charge < -0.3 is 30.1 Å². The largest absolute Gasteiger partial charge is 0.453 e. The number of alkyl carbamates (subject to hydrolysis) is 2. The second-order valence-corrected chi connectivity index (χ2v) is 15.6. The van der Waals surface area contributed by atoms with Crippen LogP contribution in [0.1, 0.15) is 77.1 Å². The average Bonchev–Trinajstić information content (AvgIpc) is 3.99. The number of aromatic amines is 2. The summed E-state index contributed by atoms with van der Waals surface area (Å²) in [5.41, 5.74) is 8.49. The molecule has 2 fully saturated rings. The minimum atomic E-state index is -0.391. The average molecular weight is 735 g/mol. The van der Waals surface area contributed by atoms with Gasteiger partial charge in [0, 0.05) is 25.2 Å². The summed E-state index contributed by atoms with van der Waals surface area (Å²) in [5, 5.41) is 6.03. The van der Waals surface area contributed by atoms with E-state index in [1.165, 1.54) is 14.2 Å². The van der Waals surface area contributed by atoms with E-state index in [1.54, 1.807) is 0 Å². The number of carbonyl (C=O) groups is 2. The van der Waals surface area contributed by atoms with E-state index in [4.69, 9.17) is 19.4 Å². The summed E-state index contributed by atoms with van der Waals surface area (Å²) >= 11 is 0. The number of carbonyl (C=O) groups excluding carboxylic acids is 2. The first-order chi connectivity index (χ1) is 26.1. The van der Waals surface area contributed by atoms with E-state index < -0.39 is 12.2 Å². The Balaban J connectivity index is 1.04. The standard InChI is InChI=1S/C42H54N8O4/c1-25(2)35(47-41(51)53-5)23-49-19-7-9-37(49)39-43-31-17-15-29(21-33(31)45-39)27-11-13-28(14-12-27)30-16-18-32-34(22-30)46-40(44-32)38-10-8-20-50(38)24-36(26(3)4)48-42(52)54-6/h11-18,21-22,25-26,35-38H,7-10,19-20,23-24H2,1-6H3,(H,43,45)(H,44,46)(H,47,51)(H,48,52)/t35-,36-,37+,38+/m1/s1. The van der Waals surface area contributed by atoms with Crippen LogP contribution in [0.15, 0.2) is 60.7 Å². The molecule has 12 nitrogen and oxygen atoms in total. The number of amides is 2. The van der Waals surface area contributed by atoms with E-state index in [-0.39, 0.29) is 36.0 Å². The van der Waals surface area contributed by atoms with Crippen LogP contribution in [0.2, 0.25) is 0 Å². The van der Waals surface area contributed by atoms with Gasteiger partial charge in [0.2, 0.25) is 0 Å². The summed E-state index contributed by atoms with van der Waals surface area (Å²) in [4.78, 5) is 46.1. The van der Waals surface area contributed by atoms with Crippen molar-refractivity contribution < 1.29 is 19.1 Å². The molecule has 0 radical (unpaired) electrons. The van der Waals surface area contributed by atoms with E-state index in [0.29, 0.717) is 0 Å². The topological polar surface area (TPSA) is 140 Å². The summed E-state index contributed by atoms with van der Waals surface area (Å²) < 4.78 is 9.76. The number of methoxy groups -OCH3 is 2. The number of benzene rings is 3. The lowest BCUT2D eigenvalue weighted by molar-refractivity contribution is 0.149. The highest BCUT2D eigenvalue weighted by molar-refractivity contribution is 5.84. The molecule has 3 aromatic carbocycles. The molecule has 2 saturated heterocycles. The van der Waals surface area contributed by atoms with E-state index in [0.717, 1.165) is 108 Å². The first kappa shape index (κ1) is 37.4. The number of nitrogens with zero attached hydrogens (tertiary/aromatic N) is 4. The van der Waals surface area contributed by atoms with Crippen LogP contribution < -0.4 is 10.6 Å². The Bertz CT molecular complexity index is 1920. The van der Waals surface area contributed by atoms with Crippen molar-refractivity contribution in [2.75, 3.05) is 40.4 Å². The number of likely N-dealkylation sites (tertiary alicyclic amines) is 2. The fourth-order valence-corrected chi connectivity index (χ4v) is 8.07. The molecular formula is C42H54N8O4. The Morgan fingerprint density at radius 2 is 1.06 bits per heavy atom. The molecule has 5 aromatic rings. The van der Waals surface area contributed by atoms with Gasteiger partial charge in [-0.3, -0.25) is 9.80 Å². The lowest BCUT2D eigenvalue weighted by Gasteiger charge is -2.30. The molecule has 4 N–H and O–H groups in total. The number of aromatic nitrogens is 4. The lowest BCUT2D eigenvalue weighted by atomic mass is 10.00. The first-order valence-electron chi connectivity index (χ1n) is 19.4. The van der Waals surface area contributed by atoms with Gasteiger partial charge in [-0.1, -0.05) is 64.1 Å². The van der Waals surface area contributed by atoms with Crippen LogP contribution >= 0.6 is 0 Å². The maximum atomic E-state index is 12.0. The van der Waals surface area contributed by atoms with Crippen molar-refractivity contribution in [1.29, 1.82) is 0 Å². The monoisotopic (exact) mass is 734 g/mol. The van der Waals surface area contributed by atoms with Crippen molar-refractivity contribution in [2.24, 2.45) is 11.8 Å². The van der Waals surface area contributed by atoms with Crippen molar-refractivity contribution in [3.8, 4) is 22.3 Å². The minimum Gasteiger partial charge on any atom is -0.453 e. The quantitative estimate of drug-likeness (QED) is 0.102. The number of rotatable bonds is 12. The molecule has 286 valence electrons. The van der Waals surface area contributed by atoms with E-state index in [1.807, 2.05) is 0 Å². The maximum absolute atomic E-state index is 12.0.